The molecule has 2 aliphatic rings. The van der Waals surface area contributed by atoms with Crippen LogP contribution in [0.1, 0.15) is 134 Å². The molecule has 0 unspecified atom stereocenters. The number of hydrogen-bond donors (Lipinski definition) is 0. The maximum Gasteiger partial charge on any atom is 0.166 e. The molecule has 0 N–H and O–H groups in total. The molecule has 0 atom stereocenters. The van der Waals surface area contributed by atoms with Gasteiger partial charge in [0.1, 0.15) is 0 Å². The van der Waals surface area contributed by atoms with Crippen molar-refractivity contribution in [3.05, 3.63) is 95.1 Å². The van der Waals surface area contributed by atoms with Crippen LogP contribution >= 0.6 is 0 Å². The van der Waals surface area contributed by atoms with Crippen LogP contribution in [0.5, 0.6) is 0 Å². The Bertz CT molecular complexity index is 1440. The maximum absolute atomic E-state index is 15.5. The highest BCUT2D eigenvalue weighted by Gasteiger charge is 2.32. The molecule has 0 heterocycles. The van der Waals surface area contributed by atoms with Gasteiger partial charge in [-0.05, 0) is 117 Å². The van der Waals surface area contributed by atoms with E-state index in [0.717, 1.165) is 56.8 Å². The minimum absolute atomic E-state index is 0.0490. The summed E-state index contributed by atoms with van der Waals surface area (Å²) in [4.78, 5) is 0. The molecule has 0 radical (unpaired) electrons. The second-order valence-electron chi connectivity index (χ2n) is 14.3. The molecule has 0 spiro atoms. The molecule has 2 aliphatic carbocycles. The Labute approximate surface area is 281 Å². The van der Waals surface area contributed by atoms with E-state index >= 15 is 13.2 Å². The van der Waals surface area contributed by atoms with E-state index in [4.69, 9.17) is 0 Å². The van der Waals surface area contributed by atoms with E-state index in [1.54, 1.807) is 48.5 Å². The number of allylic oxidation sites excluding steroid dienone is 2. The molecule has 0 amide bonds. The molecule has 0 saturated heterocycles. The van der Waals surface area contributed by atoms with Crippen molar-refractivity contribution in [3.63, 3.8) is 0 Å². The molecule has 47 heavy (non-hydrogen) atoms. The lowest BCUT2D eigenvalue weighted by atomic mass is 9.68. The standard InChI is InChI=1S/C43H54F4/c1-3-5-6-7-8-9-10-11-13-36-26-27-37(41(45)40(36)44)34-22-24-35(25-23-34)39-29-28-38(42(46)43(39)47)33-20-18-32(19-21-33)31-16-14-30(12-4-2)15-17-31/h4,12,22-33H,3,5-11,13-21H2,1-2H3. The summed E-state index contributed by atoms with van der Waals surface area (Å²) in [6, 6.07) is 13.4. The predicted octanol–water partition coefficient (Wildman–Crippen LogP) is 13.9. The normalized spacial score (nSPS) is 21.8. The summed E-state index contributed by atoms with van der Waals surface area (Å²) in [7, 11) is 0. The van der Waals surface area contributed by atoms with Crippen LogP contribution in [0, 0.1) is 41.0 Å². The molecule has 254 valence electrons. The summed E-state index contributed by atoms with van der Waals surface area (Å²) < 4.78 is 61.1. The fourth-order valence-corrected chi connectivity index (χ4v) is 8.37. The summed E-state index contributed by atoms with van der Waals surface area (Å²) in [6.45, 7) is 4.31. The minimum atomic E-state index is -0.854. The Balaban J connectivity index is 1.17. The first kappa shape index (κ1) is 35.4. The van der Waals surface area contributed by atoms with Gasteiger partial charge >= 0.3 is 0 Å². The number of rotatable bonds is 14. The van der Waals surface area contributed by atoms with Crippen LogP contribution in [0.3, 0.4) is 0 Å². The van der Waals surface area contributed by atoms with Crippen molar-refractivity contribution in [2.45, 2.75) is 129 Å². The van der Waals surface area contributed by atoms with Gasteiger partial charge in [-0.15, -0.1) is 0 Å². The van der Waals surface area contributed by atoms with Crippen molar-refractivity contribution in [3.8, 4) is 22.3 Å². The highest BCUT2D eigenvalue weighted by molar-refractivity contribution is 5.71. The Hall–Kier alpha value is -2.88. The SMILES string of the molecule is CC=CC1CCC(C2CCC(c3ccc(-c4ccc(-c5ccc(CCCCCCCCCC)c(F)c5F)cc4)c(F)c3F)CC2)CC1. The molecule has 2 saturated carbocycles. The smallest absolute Gasteiger partial charge is 0.166 e. The third kappa shape index (κ3) is 8.98. The fraction of sp³-hybridized carbons (Fsp3) is 0.535. The zero-order valence-electron chi connectivity index (χ0n) is 28.6. The van der Waals surface area contributed by atoms with Crippen LogP contribution < -0.4 is 0 Å². The number of benzene rings is 3. The highest BCUT2D eigenvalue weighted by Crippen LogP contribution is 2.45. The van der Waals surface area contributed by atoms with Gasteiger partial charge in [0, 0.05) is 11.1 Å². The summed E-state index contributed by atoms with van der Waals surface area (Å²) in [5.41, 5.74) is 2.29. The predicted molar refractivity (Wildman–Crippen MR) is 188 cm³/mol. The van der Waals surface area contributed by atoms with Gasteiger partial charge in [-0.25, -0.2) is 17.6 Å². The molecule has 3 aromatic rings. The maximum atomic E-state index is 15.5. The lowest BCUT2D eigenvalue weighted by molar-refractivity contribution is 0.170. The average Bonchev–Trinajstić information content (AvgIpc) is 3.10. The van der Waals surface area contributed by atoms with Gasteiger partial charge in [0.2, 0.25) is 0 Å². The van der Waals surface area contributed by atoms with Crippen LogP contribution in [-0.4, -0.2) is 0 Å². The molecule has 2 fully saturated rings. The van der Waals surface area contributed by atoms with Gasteiger partial charge in [-0.1, -0.05) is 113 Å². The summed E-state index contributed by atoms with van der Waals surface area (Å²) >= 11 is 0. The molecule has 0 nitrogen and oxygen atoms in total. The van der Waals surface area contributed by atoms with E-state index in [0.29, 0.717) is 34.6 Å². The van der Waals surface area contributed by atoms with Gasteiger partial charge in [0.05, 0.1) is 0 Å². The molecule has 0 bridgehead atoms. The zero-order valence-corrected chi connectivity index (χ0v) is 28.6. The van der Waals surface area contributed by atoms with Crippen molar-refractivity contribution >= 4 is 0 Å². The number of hydrogen-bond acceptors (Lipinski definition) is 0. The number of aryl methyl sites for hydroxylation is 1. The Kier molecular flexibility index (Phi) is 13.2. The molecular weight excluding hydrogens is 592 g/mol. The zero-order chi connectivity index (χ0) is 33.2. The molecule has 4 heteroatoms. The van der Waals surface area contributed by atoms with Gasteiger partial charge < -0.3 is 0 Å². The van der Waals surface area contributed by atoms with Crippen molar-refractivity contribution in [1.82, 2.24) is 0 Å². The Morgan fingerprint density at radius 2 is 1.06 bits per heavy atom. The lowest BCUT2D eigenvalue weighted by Gasteiger charge is -2.37. The van der Waals surface area contributed by atoms with Crippen LogP contribution in [0.25, 0.3) is 22.3 Å². The van der Waals surface area contributed by atoms with E-state index in [2.05, 4.69) is 26.0 Å². The highest BCUT2D eigenvalue weighted by atomic mass is 19.2. The first-order valence-corrected chi connectivity index (χ1v) is 18.6. The molecular formula is C43H54F4. The van der Waals surface area contributed by atoms with E-state index in [9.17, 15) is 4.39 Å². The molecule has 3 aromatic carbocycles. The summed E-state index contributed by atoms with van der Waals surface area (Å²) in [6.07, 6.45) is 23.4. The van der Waals surface area contributed by atoms with Crippen molar-refractivity contribution < 1.29 is 17.6 Å². The van der Waals surface area contributed by atoms with Crippen LogP contribution in [-0.2, 0) is 6.42 Å². The van der Waals surface area contributed by atoms with Gasteiger partial charge in [0.25, 0.3) is 0 Å². The lowest BCUT2D eigenvalue weighted by Crippen LogP contribution is -2.25. The van der Waals surface area contributed by atoms with E-state index in [1.165, 1.54) is 57.8 Å². The average molecular weight is 647 g/mol. The van der Waals surface area contributed by atoms with Gasteiger partial charge in [0.15, 0.2) is 23.3 Å². The van der Waals surface area contributed by atoms with Crippen LogP contribution in [0.2, 0.25) is 0 Å². The van der Waals surface area contributed by atoms with Crippen molar-refractivity contribution in [2.24, 2.45) is 17.8 Å². The third-order valence-electron chi connectivity index (χ3n) is 11.2. The first-order chi connectivity index (χ1) is 22.9. The monoisotopic (exact) mass is 646 g/mol. The quantitative estimate of drug-likeness (QED) is 0.0929. The Morgan fingerprint density at radius 3 is 1.64 bits per heavy atom. The van der Waals surface area contributed by atoms with Crippen LogP contribution in [0.4, 0.5) is 17.6 Å². The Morgan fingerprint density at radius 1 is 0.553 bits per heavy atom. The second-order valence-corrected chi connectivity index (χ2v) is 14.3. The molecule has 0 aromatic heterocycles. The van der Waals surface area contributed by atoms with Gasteiger partial charge in [-0.3, -0.25) is 0 Å². The number of halogens is 4. The van der Waals surface area contributed by atoms with E-state index < -0.39 is 23.3 Å². The number of unbranched alkanes of at least 4 members (excludes halogenated alkanes) is 7. The second kappa shape index (κ2) is 17.5. The summed E-state index contributed by atoms with van der Waals surface area (Å²) in [5, 5.41) is 0. The molecule has 0 aliphatic heterocycles. The van der Waals surface area contributed by atoms with Crippen LogP contribution in [0.15, 0.2) is 60.7 Å². The topological polar surface area (TPSA) is 0 Å². The largest absolute Gasteiger partial charge is 0.203 e. The van der Waals surface area contributed by atoms with E-state index in [-0.39, 0.29) is 17.0 Å². The minimum Gasteiger partial charge on any atom is -0.203 e. The van der Waals surface area contributed by atoms with Crippen molar-refractivity contribution in [2.75, 3.05) is 0 Å². The third-order valence-corrected chi connectivity index (χ3v) is 11.2. The first-order valence-electron chi connectivity index (χ1n) is 18.6. The summed E-state index contributed by atoms with van der Waals surface area (Å²) in [5.74, 6) is -0.974. The van der Waals surface area contributed by atoms with Gasteiger partial charge in [-0.2, -0.15) is 0 Å². The van der Waals surface area contributed by atoms with E-state index in [1.807, 2.05) is 0 Å². The van der Waals surface area contributed by atoms with Crippen molar-refractivity contribution in [1.29, 1.82) is 0 Å². The molecule has 5 rings (SSSR count). The fourth-order valence-electron chi connectivity index (χ4n) is 8.37.